The Kier molecular flexibility index (Phi) is 8.33. The van der Waals surface area contributed by atoms with Gasteiger partial charge < -0.3 is 20.1 Å². The van der Waals surface area contributed by atoms with Crippen LogP contribution in [-0.2, 0) is 14.3 Å². The van der Waals surface area contributed by atoms with Crippen molar-refractivity contribution in [3.05, 3.63) is 70.8 Å². The fourth-order valence-corrected chi connectivity index (χ4v) is 14.1. The molecule has 0 bridgehead atoms. The third kappa shape index (κ3) is 5.08. The maximum absolute atomic E-state index is 14.3. The van der Waals surface area contributed by atoms with Gasteiger partial charge in [-0.25, -0.2) is 0 Å². The Balaban J connectivity index is 1.04. The van der Waals surface area contributed by atoms with Crippen molar-refractivity contribution in [2.45, 2.75) is 142 Å². The Morgan fingerprint density at radius 3 is 2.23 bits per heavy atom. The maximum atomic E-state index is 14.3. The molecule has 280 valence electrons. The highest BCUT2D eigenvalue weighted by molar-refractivity contribution is 6.00. The summed E-state index contributed by atoms with van der Waals surface area (Å²) in [5.41, 5.74) is 3.01. The molecule has 0 aromatic heterocycles. The van der Waals surface area contributed by atoms with Gasteiger partial charge in [-0.15, -0.1) is 0 Å². The van der Waals surface area contributed by atoms with Crippen molar-refractivity contribution < 1.29 is 29.6 Å². The minimum atomic E-state index is -0.657. The van der Waals surface area contributed by atoms with Gasteiger partial charge in [0.2, 0.25) is 0 Å². The van der Waals surface area contributed by atoms with Crippen LogP contribution in [-0.4, -0.2) is 44.7 Å². The molecule has 1 saturated heterocycles. The predicted molar refractivity (Wildman–Crippen MR) is 202 cm³/mol. The molecule has 1 heterocycles. The fourth-order valence-electron chi connectivity index (χ4n) is 14.1. The average Bonchev–Trinajstić information content (AvgIpc) is 3.39. The number of carbonyl (C=O) groups excluding carboxylic acids is 2. The minimum Gasteiger partial charge on any atom is -0.508 e. The monoisotopic (exact) mass is 708 g/mol. The minimum absolute atomic E-state index is 0.0633. The largest absolute Gasteiger partial charge is 0.508 e. The standard InChI is InChI=1S/C46H60O6/c1-26(21-35(49)41-46(7,52-41)33-16-10-15-31(33)27-11-8-13-29(47)22-27)39-34-17-18-38-43(4)24-32(28-12-9-14-30(48)23-28)40(51)42(2,3)37(43)19-20-44(38,5)45(34,6)25-36(39)50/h8-9,11-14,22-23,26,31-33,35,37-38,41,47-49H,10,15-21,24-25H2,1-7H3/t26-,31+,32+,33+,35-,37-,38+,41+,43-,44+,45+,46-/m1/s1. The van der Waals surface area contributed by atoms with Gasteiger partial charge in [0.25, 0.3) is 0 Å². The molecule has 0 radical (unpaired) electrons. The van der Waals surface area contributed by atoms with Crippen LogP contribution in [0.1, 0.15) is 136 Å². The first-order valence-electron chi connectivity index (χ1n) is 20.2. The molecule has 4 saturated carbocycles. The highest BCUT2D eigenvalue weighted by Crippen LogP contribution is 2.75. The molecule has 2 aromatic rings. The Bertz CT molecular complexity index is 1830. The number of ketones is 2. The molecule has 1 aliphatic heterocycles. The van der Waals surface area contributed by atoms with Crippen LogP contribution in [0.15, 0.2) is 59.7 Å². The Morgan fingerprint density at radius 2 is 1.54 bits per heavy atom. The molecule has 5 aliphatic carbocycles. The first-order chi connectivity index (χ1) is 24.5. The van der Waals surface area contributed by atoms with Crippen molar-refractivity contribution in [1.29, 1.82) is 0 Å². The molecule has 6 nitrogen and oxygen atoms in total. The van der Waals surface area contributed by atoms with E-state index in [9.17, 15) is 24.9 Å². The lowest BCUT2D eigenvalue weighted by Gasteiger charge is -2.68. The third-order valence-electron chi connectivity index (χ3n) is 16.7. The number of carbonyl (C=O) groups is 2. The van der Waals surface area contributed by atoms with Crippen LogP contribution in [0, 0.1) is 45.3 Å². The fraction of sp³-hybridized carbons (Fsp3) is 0.652. The van der Waals surface area contributed by atoms with E-state index in [1.165, 1.54) is 5.57 Å². The zero-order valence-corrected chi connectivity index (χ0v) is 32.4. The molecule has 8 rings (SSSR count). The van der Waals surface area contributed by atoms with Crippen molar-refractivity contribution in [1.82, 2.24) is 0 Å². The smallest absolute Gasteiger partial charge is 0.159 e. The maximum Gasteiger partial charge on any atom is 0.159 e. The van der Waals surface area contributed by atoms with Crippen LogP contribution in [0.3, 0.4) is 0 Å². The molecule has 6 heteroatoms. The van der Waals surface area contributed by atoms with E-state index in [0.29, 0.717) is 30.4 Å². The van der Waals surface area contributed by atoms with Crippen LogP contribution >= 0.6 is 0 Å². The number of hydrogen-bond acceptors (Lipinski definition) is 6. The summed E-state index contributed by atoms with van der Waals surface area (Å²) in [6.45, 7) is 15.9. The van der Waals surface area contributed by atoms with E-state index >= 15 is 0 Å². The Labute approximate surface area is 310 Å². The number of rotatable bonds is 7. The molecule has 52 heavy (non-hydrogen) atoms. The summed E-state index contributed by atoms with van der Waals surface area (Å²) in [6.07, 6.45) is 7.95. The summed E-state index contributed by atoms with van der Waals surface area (Å²) in [7, 11) is 0. The highest BCUT2D eigenvalue weighted by atomic mass is 16.6. The van der Waals surface area contributed by atoms with E-state index in [0.717, 1.165) is 68.1 Å². The number of benzene rings is 2. The van der Waals surface area contributed by atoms with Crippen molar-refractivity contribution in [2.75, 3.05) is 0 Å². The summed E-state index contributed by atoms with van der Waals surface area (Å²) in [6, 6.07) is 14.9. The first-order valence-corrected chi connectivity index (χ1v) is 20.2. The second-order valence-electron chi connectivity index (χ2n) is 19.5. The number of phenolic OH excluding ortho intramolecular Hbond substituents is 2. The van der Waals surface area contributed by atoms with Crippen LogP contribution < -0.4 is 0 Å². The molecule has 12 atom stereocenters. The van der Waals surface area contributed by atoms with Crippen molar-refractivity contribution >= 4 is 11.6 Å². The van der Waals surface area contributed by atoms with Crippen LogP contribution in [0.2, 0.25) is 0 Å². The van der Waals surface area contributed by atoms with Gasteiger partial charge in [0.05, 0.1) is 11.7 Å². The first kappa shape index (κ1) is 36.0. The summed E-state index contributed by atoms with van der Waals surface area (Å²) in [5, 5.41) is 32.2. The number of ether oxygens (including phenoxy) is 1. The molecule has 3 N–H and O–H groups in total. The number of aromatic hydroxyl groups is 2. The zero-order chi connectivity index (χ0) is 37.2. The third-order valence-corrected chi connectivity index (χ3v) is 16.7. The molecule has 5 fully saturated rings. The van der Waals surface area contributed by atoms with Crippen molar-refractivity contribution in [3.63, 3.8) is 0 Å². The van der Waals surface area contributed by atoms with Crippen LogP contribution in [0.5, 0.6) is 11.5 Å². The number of epoxide rings is 1. The second-order valence-corrected chi connectivity index (χ2v) is 19.5. The number of hydrogen-bond donors (Lipinski definition) is 3. The normalized spacial score (nSPS) is 42.0. The van der Waals surface area contributed by atoms with Gasteiger partial charge >= 0.3 is 0 Å². The summed E-state index contributed by atoms with van der Waals surface area (Å²) < 4.78 is 6.42. The summed E-state index contributed by atoms with van der Waals surface area (Å²) >= 11 is 0. The van der Waals surface area contributed by atoms with E-state index in [2.05, 4.69) is 54.5 Å². The molecular weight excluding hydrogens is 649 g/mol. The van der Waals surface area contributed by atoms with Gasteiger partial charge in [-0.1, -0.05) is 77.8 Å². The molecule has 2 aromatic carbocycles. The molecule has 6 aliphatic rings. The second kappa shape index (κ2) is 12.0. The summed E-state index contributed by atoms with van der Waals surface area (Å²) in [5.74, 6) is 1.91. The van der Waals surface area contributed by atoms with E-state index in [4.69, 9.17) is 4.74 Å². The van der Waals surface area contributed by atoms with Gasteiger partial charge in [0.15, 0.2) is 5.78 Å². The number of aliphatic hydroxyl groups is 1. The zero-order valence-electron chi connectivity index (χ0n) is 32.4. The number of aliphatic hydroxyl groups excluding tert-OH is 1. The SMILES string of the molecule is C[C@H](C[C@@H](O)[C@@H]1O[C@]1(C)[C@H]1CCC[C@H]1c1cccc(O)c1)C1=C2CC[C@H]3[C@]4(C)C[C@@H](c5cccc(O)c5)C(=O)C(C)(C)[C@H]4CC[C@]3(C)[C@@]2(C)CC1=O. The Hall–Kier alpha value is -2.96. The lowest BCUT2D eigenvalue weighted by atomic mass is 9.35. The Morgan fingerprint density at radius 1 is 0.865 bits per heavy atom. The van der Waals surface area contributed by atoms with Crippen molar-refractivity contribution in [3.8, 4) is 11.5 Å². The van der Waals surface area contributed by atoms with E-state index in [1.807, 2.05) is 24.3 Å². The van der Waals surface area contributed by atoms with E-state index in [-0.39, 0.29) is 63.3 Å². The predicted octanol–water partition coefficient (Wildman–Crippen LogP) is 9.42. The van der Waals surface area contributed by atoms with Crippen molar-refractivity contribution in [2.24, 2.45) is 45.3 Å². The lowest BCUT2D eigenvalue weighted by molar-refractivity contribution is -0.183. The van der Waals surface area contributed by atoms with Crippen LogP contribution in [0.25, 0.3) is 0 Å². The van der Waals surface area contributed by atoms with Gasteiger partial charge in [0.1, 0.15) is 23.4 Å². The van der Waals surface area contributed by atoms with E-state index < -0.39 is 17.1 Å². The molecule has 0 unspecified atom stereocenters. The number of fused-ring (bicyclic) bond motifs is 5. The summed E-state index contributed by atoms with van der Waals surface area (Å²) in [4.78, 5) is 28.4. The van der Waals surface area contributed by atoms with Gasteiger partial charge in [0, 0.05) is 23.2 Å². The lowest BCUT2D eigenvalue weighted by Crippen LogP contribution is -2.63. The van der Waals surface area contributed by atoms with E-state index in [1.54, 1.807) is 18.2 Å². The highest BCUT2D eigenvalue weighted by Gasteiger charge is 2.69. The number of Topliss-reactive ketones (excluding diaryl/α,β-unsaturated/α-hetero) is 2. The molecule has 0 amide bonds. The number of phenols is 2. The number of allylic oxidation sites excluding steroid dienone is 2. The van der Waals surface area contributed by atoms with Gasteiger partial charge in [-0.05, 0) is 140 Å². The average molecular weight is 709 g/mol. The van der Waals surface area contributed by atoms with Gasteiger partial charge in [-0.2, -0.15) is 0 Å². The van der Waals surface area contributed by atoms with Gasteiger partial charge in [-0.3, -0.25) is 9.59 Å². The topological polar surface area (TPSA) is 107 Å². The van der Waals surface area contributed by atoms with Crippen LogP contribution in [0.4, 0.5) is 0 Å². The quantitative estimate of drug-likeness (QED) is 0.248. The molecule has 0 spiro atoms. The molecular formula is C46H60O6.